The van der Waals surface area contributed by atoms with Crippen molar-refractivity contribution in [2.24, 2.45) is 5.73 Å². The van der Waals surface area contributed by atoms with Gasteiger partial charge >= 0.3 is 5.69 Å². The van der Waals surface area contributed by atoms with Crippen LogP contribution in [0.5, 0.6) is 0 Å². The number of nitrogens with one attached hydrogen (secondary N) is 1. The van der Waals surface area contributed by atoms with Crippen molar-refractivity contribution in [2.45, 2.75) is 43.3 Å². The van der Waals surface area contributed by atoms with Crippen molar-refractivity contribution in [2.75, 3.05) is 0 Å². The predicted octanol–water partition coefficient (Wildman–Crippen LogP) is 2.92. The van der Waals surface area contributed by atoms with Crippen LogP contribution < -0.4 is 11.4 Å². The van der Waals surface area contributed by atoms with E-state index in [1.54, 1.807) is 4.57 Å². The highest BCUT2D eigenvalue weighted by atomic mass is 79.9. The average Bonchev–Trinajstić information content (AvgIpc) is 2.83. The molecule has 0 spiro atoms. The van der Waals surface area contributed by atoms with Gasteiger partial charge in [-0.15, -0.1) is 5.10 Å². The number of hydrogen-bond acceptors (Lipinski definition) is 4. The normalized spacial score (nSPS) is 14.1. The largest absolute Gasteiger partial charge is 0.343 e. The van der Waals surface area contributed by atoms with E-state index >= 15 is 0 Å². The van der Waals surface area contributed by atoms with E-state index in [1.807, 2.05) is 19.1 Å². The molecule has 1 aromatic heterocycles. The number of rotatable bonds is 6. The van der Waals surface area contributed by atoms with Crippen molar-refractivity contribution in [3.63, 3.8) is 0 Å². The number of nitrogens with two attached hydrogens (primary N) is 1. The molecule has 1 aromatic carbocycles. The van der Waals surface area contributed by atoms with Gasteiger partial charge in [0.05, 0.1) is 5.25 Å². The lowest BCUT2D eigenvalue weighted by Crippen LogP contribution is -2.26. The minimum absolute atomic E-state index is 0.0126. The summed E-state index contributed by atoms with van der Waals surface area (Å²) < 4.78 is 2.64. The zero-order valence-electron chi connectivity index (χ0n) is 12.0. The summed E-state index contributed by atoms with van der Waals surface area (Å²) in [6, 6.07) is 8.08. The van der Waals surface area contributed by atoms with Crippen molar-refractivity contribution >= 4 is 27.7 Å². The number of benzene rings is 1. The van der Waals surface area contributed by atoms with Gasteiger partial charge in [0.25, 0.3) is 0 Å². The zero-order valence-corrected chi connectivity index (χ0v) is 14.4. The molecule has 2 unspecified atom stereocenters. The molecule has 2 rings (SSSR count). The Morgan fingerprint density at radius 3 is 2.86 bits per heavy atom. The third-order valence-electron chi connectivity index (χ3n) is 3.31. The minimum atomic E-state index is -0.182. The molecule has 3 N–H and O–H groups in total. The van der Waals surface area contributed by atoms with Gasteiger partial charge in [-0.25, -0.2) is 9.89 Å². The van der Waals surface area contributed by atoms with Gasteiger partial charge in [-0.05, 0) is 31.0 Å². The molecule has 7 heteroatoms. The van der Waals surface area contributed by atoms with Gasteiger partial charge in [-0.2, -0.15) is 0 Å². The number of hydrogen-bond donors (Lipinski definition) is 2. The average molecular weight is 371 g/mol. The second-order valence-corrected chi connectivity index (χ2v) is 6.75. The fourth-order valence-electron chi connectivity index (χ4n) is 2.09. The van der Waals surface area contributed by atoms with Gasteiger partial charge in [0.2, 0.25) is 0 Å². The van der Waals surface area contributed by atoms with Gasteiger partial charge in [0.1, 0.15) is 0 Å². The molecule has 0 saturated heterocycles. The van der Waals surface area contributed by atoms with Crippen LogP contribution in [0.3, 0.4) is 0 Å². The van der Waals surface area contributed by atoms with E-state index < -0.39 is 0 Å². The molecule has 1 heterocycles. The highest BCUT2D eigenvalue weighted by molar-refractivity contribution is 9.10. The number of nitrogens with zero attached hydrogens (tertiary/aromatic N) is 2. The summed E-state index contributed by atoms with van der Waals surface area (Å²) in [5.74, 6) is 0. The number of aromatic nitrogens is 3. The third kappa shape index (κ3) is 3.78. The summed E-state index contributed by atoms with van der Waals surface area (Å²) in [6.07, 6.45) is 0.852. The van der Waals surface area contributed by atoms with E-state index in [1.165, 1.54) is 11.8 Å². The topological polar surface area (TPSA) is 76.7 Å². The van der Waals surface area contributed by atoms with E-state index in [2.05, 4.69) is 45.2 Å². The van der Waals surface area contributed by atoms with Gasteiger partial charge in [-0.3, -0.25) is 4.57 Å². The van der Waals surface area contributed by atoms with E-state index in [0.717, 1.165) is 16.5 Å². The second-order valence-electron chi connectivity index (χ2n) is 4.72. The van der Waals surface area contributed by atoms with Crippen LogP contribution in [0, 0.1) is 0 Å². The van der Waals surface area contributed by atoms with Crippen molar-refractivity contribution < 1.29 is 0 Å². The van der Waals surface area contributed by atoms with Crippen LogP contribution in [0.25, 0.3) is 0 Å². The van der Waals surface area contributed by atoms with Crippen molar-refractivity contribution in [1.29, 1.82) is 0 Å². The standard InChI is InChI=1S/C14H19BrN4OS/c1-3-11(16)12(9-6-5-7-10(15)8-9)21-14-18-17-13(20)19(14)4-2/h5-8,11-12H,3-4,16H2,1-2H3,(H,17,20). The van der Waals surface area contributed by atoms with Gasteiger partial charge in [-0.1, -0.05) is 46.7 Å². The Bertz CT molecular complexity index is 654. The van der Waals surface area contributed by atoms with Crippen LogP contribution in [0.2, 0.25) is 0 Å². The molecule has 0 aliphatic carbocycles. The van der Waals surface area contributed by atoms with Crippen molar-refractivity contribution in [1.82, 2.24) is 14.8 Å². The summed E-state index contributed by atoms with van der Waals surface area (Å²) in [7, 11) is 0. The van der Waals surface area contributed by atoms with Crippen LogP contribution in [-0.4, -0.2) is 20.8 Å². The molecule has 2 aromatic rings. The Balaban J connectivity index is 2.35. The highest BCUT2D eigenvalue weighted by Gasteiger charge is 2.23. The Hall–Kier alpha value is -1.05. The summed E-state index contributed by atoms with van der Waals surface area (Å²) in [5.41, 5.74) is 7.23. The Morgan fingerprint density at radius 1 is 1.48 bits per heavy atom. The first-order valence-electron chi connectivity index (χ1n) is 6.89. The number of aromatic amines is 1. The fourth-order valence-corrected chi connectivity index (χ4v) is 3.82. The third-order valence-corrected chi connectivity index (χ3v) is 5.20. The summed E-state index contributed by atoms with van der Waals surface area (Å²) in [4.78, 5) is 11.7. The Kier molecular flexibility index (Phi) is 5.66. The predicted molar refractivity (Wildman–Crippen MR) is 89.5 cm³/mol. The molecule has 5 nitrogen and oxygen atoms in total. The van der Waals surface area contributed by atoms with E-state index in [4.69, 9.17) is 5.73 Å². The fraction of sp³-hybridized carbons (Fsp3) is 0.429. The van der Waals surface area contributed by atoms with Gasteiger partial charge < -0.3 is 5.73 Å². The molecule has 0 saturated carbocycles. The lowest BCUT2D eigenvalue weighted by atomic mass is 10.0. The SMILES string of the molecule is CCC(N)C(Sc1n[nH]c(=O)n1CC)c1cccc(Br)c1. The van der Waals surface area contributed by atoms with Crippen LogP contribution in [0.4, 0.5) is 0 Å². The second kappa shape index (κ2) is 7.29. The number of halogens is 1. The van der Waals surface area contributed by atoms with Crippen LogP contribution in [0.15, 0.2) is 38.7 Å². The smallest absolute Gasteiger partial charge is 0.326 e. The molecular weight excluding hydrogens is 352 g/mol. The number of H-pyrrole nitrogens is 1. The molecule has 0 aliphatic rings. The first-order valence-corrected chi connectivity index (χ1v) is 8.57. The monoisotopic (exact) mass is 370 g/mol. The molecule has 2 atom stereocenters. The maximum Gasteiger partial charge on any atom is 0.343 e. The molecule has 21 heavy (non-hydrogen) atoms. The first kappa shape index (κ1) is 16.3. The van der Waals surface area contributed by atoms with Crippen LogP contribution >= 0.6 is 27.7 Å². The maximum absolute atomic E-state index is 11.7. The molecule has 114 valence electrons. The first-order chi connectivity index (χ1) is 10.1. The Morgan fingerprint density at radius 2 is 2.24 bits per heavy atom. The van der Waals surface area contributed by atoms with Gasteiger partial charge in [0.15, 0.2) is 5.16 Å². The zero-order chi connectivity index (χ0) is 15.4. The molecule has 0 aliphatic heterocycles. The van der Waals surface area contributed by atoms with Crippen molar-refractivity contribution in [3.05, 3.63) is 44.8 Å². The molecule has 0 bridgehead atoms. The summed E-state index contributed by atoms with van der Waals surface area (Å²) in [6.45, 7) is 4.58. The lowest BCUT2D eigenvalue weighted by Gasteiger charge is -2.22. The van der Waals surface area contributed by atoms with E-state index in [0.29, 0.717) is 11.7 Å². The van der Waals surface area contributed by atoms with Crippen LogP contribution in [-0.2, 0) is 6.54 Å². The quantitative estimate of drug-likeness (QED) is 0.766. The summed E-state index contributed by atoms with van der Waals surface area (Å²) >= 11 is 5.02. The van der Waals surface area contributed by atoms with E-state index in [9.17, 15) is 4.79 Å². The highest BCUT2D eigenvalue weighted by Crippen LogP contribution is 2.37. The Labute approximate surface area is 136 Å². The lowest BCUT2D eigenvalue weighted by molar-refractivity contribution is 0.621. The molecular formula is C14H19BrN4OS. The van der Waals surface area contributed by atoms with Gasteiger partial charge in [0, 0.05) is 17.1 Å². The maximum atomic E-state index is 11.7. The minimum Gasteiger partial charge on any atom is -0.326 e. The molecule has 0 radical (unpaired) electrons. The molecule has 0 amide bonds. The molecule has 0 fully saturated rings. The number of thioether (sulfide) groups is 1. The van der Waals surface area contributed by atoms with E-state index in [-0.39, 0.29) is 17.0 Å². The summed E-state index contributed by atoms with van der Waals surface area (Å²) in [5, 5.41) is 7.34. The van der Waals surface area contributed by atoms with Crippen molar-refractivity contribution in [3.8, 4) is 0 Å². The van der Waals surface area contributed by atoms with Crippen LogP contribution in [0.1, 0.15) is 31.1 Å².